The van der Waals surface area contributed by atoms with Gasteiger partial charge in [-0.05, 0) is 50.1 Å². The van der Waals surface area contributed by atoms with Crippen LogP contribution in [0.25, 0.3) is 10.2 Å². The summed E-state index contributed by atoms with van der Waals surface area (Å²) in [6.45, 7) is 3.29. The van der Waals surface area contributed by atoms with E-state index in [0.717, 1.165) is 44.5 Å². The zero-order chi connectivity index (χ0) is 22.1. The van der Waals surface area contributed by atoms with E-state index in [-0.39, 0.29) is 5.91 Å². The number of thioether (sulfide) groups is 1. The van der Waals surface area contributed by atoms with Crippen molar-refractivity contribution in [2.24, 2.45) is 0 Å². The first kappa shape index (κ1) is 21.4. The van der Waals surface area contributed by atoms with Crippen LogP contribution in [0.1, 0.15) is 45.6 Å². The number of amides is 1. The molecular weight excluding hydrogens is 464 g/mol. The maximum absolute atomic E-state index is 13.3. The Hall–Kier alpha value is -2.42. The summed E-state index contributed by atoms with van der Waals surface area (Å²) in [6, 6.07) is 11.4. The normalized spacial score (nSPS) is 14.9. The van der Waals surface area contributed by atoms with Crippen LogP contribution >= 0.6 is 34.7 Å². The van der Waals surface area contributed by atoms with E-state index < -0.39 is 0 Å². The van der Waals surface area contributed by atoms with Crippen molar-refractivity contribution in [3.63, 3.8) is 0 Å². The molecule has 0 radical (unpaired) electrons. The van der Waals surface area contributed by atoms with Gasteiger partial charge in [-0.25, -0.2) is 9.97 Å². The molecule has 1 aliphatic rings. The lowest BCUT2D eigenvalue weighted by Gasteiger charge is -2.31. The van der Waals surface area contributed by atoms with Gasteiger partial charge in [-0.3, -0.25) is 4.79 Å². The molecule has 3 aromatic heterocycles. The second kappa shape index (κ2) is 9.21. The fourth-order valence-corrected chi connectivity index (χ4v) is 6.04. The molecule has 1 aliphatic heterocycles. The van der Waals surface area contributed by atoms with Crippen molar-refractivity contribution in [2.45, 2.75) is 36.5 Å². The van der Waals surface area contributed by atoms with Gasteiger partial charge in [0.2, 0.25) is 0 Å². The maximum Gasteiger partial charge on any atom is 0.256 e. The number of aromatic nitrogens is 3. The molecule has 1 saturated heterocycles. The molecule has 0 unspecified atom stereocenters. The molecule has 9 heteroatoms. The highest BCUT2D eigenvalue weighted by Gasteiger charge is 2.28. The summed E-state index contributed by atoms with van der Waals surface area (Å²) >= 11 is 9.34. The van der Waals surface area contributed by atoms with Crippen molar-refractivity contribution in [3.8, 4) is 0 Å². The number of benzene rings is 1. The molecule has 0 atom stereocenters. The number of carbonyl (C=O) groups excluding carboxylic acids is 1. The number of hydrogen-bond acceptors (Lipinski definition) is 7. The van der Waals surface area contributed by atoms with Gasteiger partial charge in [0.1, 0.15) is 10.8 Å². The van der Waals surface area contributed by atoms with Crippen LogP contribution in [0.15, 0.2) is 52.1 Å². The Labute approximate surface area is 199 Å². The number of thiazole rings is 1. The average Bonchev–Trinajstić information content (AvgIpc) is 3.43. The van der Waals surface area contributed by atoms with Crippen LogP contribution in [0.4, 0.5) is 0 Å². The summed E-state index contributed by atoms with van der Waals surface area (Å²) in [7, 11) is 0. The molecule has 4 aromatic rings. The van der Waals surface area contributed by atoms with Crippen LogP contribution in [0, 0.1) is 6.92 Å². The smallest absolute Gasteiger partial charge is 0.256 e. The van der Waals surface area contributed by atoms with Crippen LogP contribution in [0.5, 0.6) is 0 Å². The van der Waals surface area contributed by atoms with E-state index in [0.29, 0.717) is 35.3 Å². The third-order valence-corrected chi connectivity index (χ3v) is 8.01. The van der Waals surface area contributed by atoms with Crippen molar-refractivity contribution < 1.29 is 9.32 Å². The number of halogens is 1. The number of carbonyl (C=O) groups is 1. The number of fused-ring (bicyclic) bond motifs is 1. The first-order valence-corrected chi connectivity index (χ1v) is 12.6. The highest BCUT2D eigenvalue weighted by Crippen LogP contribution is 2.35. The zero-order valence-electron chi connectivity index (χ0n) is 17.5. The Morgan fingerprint density at radius 3 is 2.91 bits per heavy atom. The lowest BCUT2D eigenvalue weighted by Crippen LogP contribution is -2.38. The van der Waals surface area contributed by atoms with Gasteiger partial charge in [0.25, 0.3) is 5.91 Å². The van der Waals surface area contributed by atoms with Crippen molar-refractivity contribution in [1.82, 2.24) is 20.0 Å². The molecule has 0 spiro atoms. The predicted octanol–water partition coefficient (Wildman–Crippen LogP) is 5.95. The minimum absolute atomic E-state index is 0.0338. The molecular formula is C23H21ClN4O2S2. The highest BCUT2D eigenvalue weighted by atomic mass is 35.5. The number of hydrogen-bond donors (Lipinski definition) is 0. The van der Waals surface area contributed by atoms with Gasteiger partial charge < -0.3 is 9.42 Å². The molecule has 0 aliphatic carbocycles. The summed E-state index contributed by atoms with van der Waals surface area (Å²) < 4.78 is 6.28. The summed E-state index contributed by atoms with van der Waals surface area (Å²) in [5, 5.41) is 6.59. The minimum Gasteiger partial charge on any atom is -0.361 e. The lowest BCUT2D eigenvalue weighted by atomic mass is 9.97. The van der Waals surface area contributed by atoms with E-state index in [1.54, 1.807) is 17.5 Å². The lowest BCUT2D eigenvalue weighted by molar-refractivity contribution is 0.0708. The van der Waals surface area contributed by atoms with E-state index in [1.807, 2.05) is 48.2 Å². The van der Waals surface area contributed by atoms with Crippen molar-refractivity contribution in [1.29, 1.82) is 0 Å². The van der Waals surface area contributed by atoms with Gasteiger partial charge in [-0.2, -0.15) is 0 Å². The molecule has 0 N–H and O–H groups in total. The molecule has 4 heterocycles. The Balaban J connectivity index is 1.25. The van der Waals surface area contributed by atoms with Crippen LogP contribution in [-0.2, 0) is 5.75 Å². The van der Waals surface area contributed by atoms with Gasteiger partial charge in [-0.1, -0.05) is 28.5 Å². The Kier molecular flexibility index (Phi) is 6.17. The van der Waals surface area contributed by atoms with Crippen LogP contribution in [0.3, 0.4) is 0 Å². The van der Waals surface area contributed by atoms with Crippen LogP contribution in [0.2, 0.25) is 5.02 Å². The summed E-state index contributed by atoms with van der Waals surface area (Å²) in [5.74, 6) is 1.79. The van der Waals surface area contributed by atoms with Gasteiger partial charge in [0.05, 0.1) is 26.5 Å². The molecule has 5 rings (SSSR count). The largest absolute Gasteiger partial charge is 0.361 e. The molecule has 1 aromatic carbocycles. The van der Waals surface area contributed by atoms with E-state index in [1.165, 1.54) is 11.8 Å². The van der Waals surface area contributed by atoms with Gasteiger partial charge in [-0.15, -0.1) is 11.3 Å². The fourth-order valence-electron chi connectivity index (χ4n) is 3.89. The molecule has 0 saturated carbocycles. The zero-order valence-corrected chi connectivity index (χ0v) is 19.8. The standard InChI is InChI=1S/C23H21ClN4O2S2/c1-14-11-17(27-30-14)13-31-22-18(3-2-8-25-22)23(29)28-9-6-15(7-10-28)21-26-19-12-16(24)4-5-20(19)32-21/h2-5,8,11-12,15H,6-7,9-10,13H2,1H3. The van der Waals surface area contributed by atoms with Crippen molar-refractivity contribution in [2.75, 3.05) is 13.1 Å². The third kappa shape index (κ3) is 4.53. The second-order valence-corrected chi connectivity index (χ2v) is 10.3. The topological polar surface area (TPSA) is 72.1 Å². The summed E-state index contributed by atoms with van der Waals surface area (Å²) in [4.78, 5) is 24.4. The van der Waals surface area contributed by atoms with Crippen molar-refractivity contribution >= 4 is 50.8 Å². The summed E-state index contributed by atoms with van der Waals surface area (Å²) in [6.07, 6.45) is 3.53. The summed E-state index contributed by atoms with van der Waals surface area (Å²) in [5.41, 5.74) is 2.44. The predicted molar refractivity (Wildman–Crippen MR) is 128 cm³/mol. The van der Waals surface area contributed by atoms with Gasteiger partial charge in [0, 0.05) is 42.0 Å². The molecule has 32 heavy (non-hydrogen) atoms. The van der Waals surface area contributed by atoms with Crippen molar-refractivity contribution in [3.05, 3.63) is 69.6 Å². The number of piperidine rings is 1. The first-order chi connectivity index (χ1) is 15.6. The Bertz CT molecular complexity index is 1260. The first-order valence-electron chi connectivity index (χ1n) is 10.4. The maximum atomic E-state index is 13.3. The van der Waals surface area contributed by atoms with E-state index in [2.05, 4.69) is 10.1 Å². The Morgan fingerprint density at radius 2 is 2.12 bits per heavy atom. The average molecular weight is 485 g/mol. The van der Waals surface area contributed by atoms with Crippen LogP contribution in [-0.4, -0.2) is 39.0 Å². The molecule has 164 valence electrons. The molecule has 6 nitrogen and oxygen atoms in total. The van der Waals surface area contributed by atoms with E-state index in [4.69, 9.17) is 21.1 Å². The van der Waals surface area contributed by atoms with Crippen LogP contribution < -0.4 is 0 Å². The Morgan fingerprint density at radius 1 is 1.28 bits per heavy atom. The number of rotatable bonds is 5. The fraction of sp³-hybridized carbons (Fsp3) is 0.304. The second-order valence-electron chi connectivity index (χ2n) is 7.80. The molecule has 1 amide bonds. The SMILES string of the molecule is Cc1cc(CSc2ncccc2C(=O)N2CCC(c3nc4cc(Cl)ccc4s3)CC2)no1. The van der Waals surface area contributed by atoms with Gasteiger partial charge in [0.15, 0.2) is 0 Å². The monoisotopic (exact) mass is 484 g/mol. The number of nitrogens with zero attached hydrogens (tertiary/aromatic N) is 4. The van der Waals surface area contributed by atoms with E-state index in [9.17, 15) is 4.79 Å². The number of pyridine rings is 1. The quantitative estimate of drug-likeness (QED) is 0.326. The van der Waals surface area contributed by atoms with Gasteiger partial charge >= 0.3 is 0 Å². The molecule has 1 fully saturated rings. The van der Waals surface area contributed by atoms with E-state index >= 15 is 0 Å². The number of likely N-dealkylation sites (tertiary alicyclic amines) is 1. The third-order valence-electron chi connectivity index (χ3n) is 5.53. The number of aryl methyl sites for hydroxylation is 1. The molecule has 0 bridgehead atoms. The minimum atomic E-state index is 0.0338. The highest BCUT2D eigenvalue weighted by molar-refractivity contribution is 7.98.